The summed E-state index contributed by atoms with van der Waals surface area (Å²) in [5, 5.41) is 11.5. The smallest absolute Gasteiger partial charge is 0.406 e. The fourth-order valence-electron chi connectivity index (χ4n) is 2.67. The molecule has 1 unspecified atom stereocenters. The van der Waals surface area contributed by atoms with Crippen molar-refractivity contribution in [2.24, 2.45) is 0 Å². The standard InChI is InChI=1S/C19H13BrF3NO2/c20-16-7-3-13(4-8-16)18(25,15-2-1-11-24-12-15)14-5-9-17(10-6-14)26-19(21,22)23/h1-12,25H. The van der Waals surface area contributed by atoms with Crippen molar-refractivity contribution in [3.63, 3.8) is 0 Å². The normalized spacial score (nSPS) is 13.9. The summed E-state index contributed by atoms with van der Waals surface area (Å²) in [6.07, 6.45) is -1.68. The molecule has 26 heavy (non-hydrogen) atoms. The van der Waals surface area contributed by atoms with Crippen molar-refractivity contribution in [1.29, 1.82) is 0 Å². The van der Waals surface area contributed by atoms with E-state index in [1.807, 2.05) is 0 Å². The number of halogens is 4. The van der Waals surface area contributed by atoms with E-state index in [0.717, 1.165) is 4.47 Å². The lowest BCUT2D eigenvalue weighted by Crippen LogP contribution is -2.29. The van der Waals surface area contributed by atoms with Crippen LogP contribution in [0.15, 0.2) is 77.5 Å². The minimum absolute atomic E-state index is 0.356. The minimum atomic E-state index is -4.77. The molecule has 0 amide bonds. The van der Waals surface area contributed by atoms with Crippen LogP contribution in [0.25, 0.3) is 0 Å². The highest BCUT2D eigenvalue weighted by Gasteiger charge is 2.35. The van der Waals surface area contributed by atoms with Crippen LogP contribution in [-0.2, 0) is 5.60 Å². The van der Waals surface area contributed by atoms with Crippen molar-refractivity contribution in [2.45, 2.75) is 12.0 Å². The number of aliphatic hydroxyl groups is 1. The quantitative estimate of drug-likeness (QED) is 0.639. The molecule has 1 N–H and O–H groups in total. The van der Waals surface area contributed by atoms with Crippen LogP contribution in [0.1, 0.15) is 16.7 Å². The molecule has 3 nitrogen and oxygen atoms in total. The van der Waals surface area contributed by atoms with Gasteiger partial charge < -0.3 is 9.84 Å². The number of rotatable bonds is 4. The van der Waals surface area contributed by atoms with Gasteiger partial charge in [0.2, 0.25) is 0 Å². The molecule has 134 valence electrons. The zero-order chi connectivity index (χ0) is 18.8. The van der Waals surface area contributed by atoms with Gasteiger partial charge in [-0.25, -0.2) is 0 Å². The number of nitrogens with zero attached hydrogens (tertiary/aromatic N) is 1. The van der Waals surface area contributed by atoms with Gasteiger partial charge in [0, 0.05) is 22.4 Å². The maximum absolute atomic E-state index is 12.4. The largest absolute Gasteiger partial charge is 0.573 e. The second-order valence-corrected chi connectivity index (χ2v) is 6.45. The molecule has 0 fully saturated rings. The Balaban J connectivity index is 2.08. The molecule has 3 aromatic rings. The predicted molar refractivity (Wildman–Crippen MR) is 93.6 cm³/mol. The summed E-state index contributed by atoms with van der Waals surface area (Å²) in [6.45, 7) is 0. The number of aromatic nitrogens is 1. The molecule has 3 rings (SSSR count). The van der Waals surface area contributed by atoms with Gasteiger partial charge in [-0.2, -0.15) is 0 Å². The molecular weight excluding hydrogens is 411 g/mol. The van der Waals surface area contributed by atoms with Crippen molar-refractivity contribution >= 4 is 15.9 Å². The third kappa shape index (κ3) is 3.89. The second kappa shape index (κ2) is 7.09. The minimum Gasteiger partial charge on any atom is -0.406 e. The van der Waals surface area contributed by atoms with Gasteiger partial charge in [0.05, 0.1) is 0 Å². The van der Waals surface area contributed by atoms with E-state index in [0.29, 0.717) is 16.7 Å². The highest BCUT2D eigenvalue weighted by molar-refractivity contribution is 9.10. The van der Waals surface area contributed by atoms with Gasteiger partial charge in [0.15, 0.2) is 0 Å². The summed E-state index contributed by atoms with van der Waals surface area (Å²) in [4.78, 5) is 4.04. The van der Waals surface area contributed by atoms with Crippen molar-refractivity contribution in [2.75, 3.05) is 0 Å². The second-order valence-electron chi connectivity index (χ2n) is 5.53. The molecule has 7 heteroatoms. The zero-order valence-electron chi connectivity index (χ0n) is 13.2. The average molecular weight is 424 g/mol. The van der Waals surface area contributed by atoms with Crippen LogP contribution < -0.4 is 4.74 Å². The lowest BCUT2D eigenvalue weighted by Gasteiger charge is -2.30. The number of alkyl halides is 3. The molecule has 0 radical (unpaired) electrons. The Hall–Kier alpha value is -2.38. The topological polar surface area (TPSA) is 42.4 Å². The predicted octanol–water partition coefficient (Wildman–Crippen LogP) is 5.03. The van der Waals surface area contributed by atoms with Gasteiger partial charge in [-0.1, -0.05) is 46.3 Å². The van der Waals surface area contributed by atoms with Gasteiger partial charge in [-0.3, -0.25) is 4.98 Å². The highest BCUT2D eigenvalue weighted by Crippen LogP contribution is 2.37. The van der Waals surface area contributed by atoms with Crippen LogP contribution in [0.5, 0.6) is 5.75 Å². The number of hydrogen-bond acceptors (Lipinski definition) is 3. The first-order valence-corrected chi connectivity index (χ1v) is 8.33. The van der Waals surface area contributed by atoms with E-state index in [4.69, 9.17) is 0 Å². The molecule has 1 heterocycles. The first kappa shape index (κ1) is 18.4. The molecule has 0 aliphatic carbocycles. The fourth-order valence-corrected chi connectivity index (χ4v) is 2.93. The van der Waals surface area contributed by atoms with Gasteiger partial charge in [0.25, 0.3) is 0 Å². The Labute approximate surface area is 156 Å². The number of ether oxygens (including phenoxy) is 1. The van der Waals surface area contributed by atoms with E-state index in [1.54, 1.807) is 42.6 Å². The first-order chi connectivity index (χ1) is 12.3. The van der Waals surface area contributed by atoms with E-state index in [9.17, 15) is 18.3 Å². The third-order valence-corrected chi connectivity index (χ3v) is 4.38. The molecule has 1 aromatic heterocycles. The van der Waals surface area contributed by atoms with Gasteiger partial charge >= 0.3 is 6.36 Å². The van der Waals surface area contributed by atoms with Gasteiger partial charge in [-0.15, -0.1) is 13.2 Å². The Morgan fingerprint density at radius 1 is 0.846 bits per heavy atom. The SMILES string of the molecule is OC(c1ccc(Br)cc1)(c1ccc(OC(F)(F)F)cc1)c1cccnc1. The zero-order valence-corrected chi connectivity index (χ0v) is 14.8. The highest BCUT2D eigenvalue weighted by atomic mass is 79.9. The van der Waals surface area contributed by atoms with Crippen molar-refractivity contribution in [3.8, 4) is 5.75 Å². The van der Waals surface area contributed by atoms with Crippen LogP contribution >= 0.6 is 15.9 Å². The maximum atomic E-state index is 12.4. The van der Waals surface area contributed by atoms with E-state index in [-0.39, 0.29) is 5.75 Å². The van der Waals surface area contributed by atoms with Crippen LogP contribution in [0.3, 0.4) is 0 Å². The van der Waals surface area contributed by atoms with E-state index < -0.39 is 12.0 Å². The monoisotopic (exact) mass is 423 g/mol. The van der Waals surface area contributed by atoms with Crippen molar-refractivity contribution in [3.05, 3.63) is 94.2 Å². The summed E-state index contributed by atoms with van der Waals surface area (Å²) in [5.41, 5.74) is -0.140. The summed E-state index contributed by atoms with van der Waals surface area (Å²) >= 11 is 3.35. The maximum Gasteiger partial charge on any atom is 0.573 e. The van der Waals surface area contributed by atoms with E-state index >= 15 is 0 Å². The average Bonchev–Trinajstić information content (AvgIpc) is 2.62. The van der Waals surface area contributed by atoms with Crippen molar-refractivity contribution in [1.82, 2.24) is 4.98 Å². The molecule has 0 spiro atoms. The molecule has 0 saturated heterocycles. The molecular formula is C19H13BrF3NO2. The van der Waals surface area contributed by atoms with Crippen LogP contribution in [-0.4, -0.2) is 16.5 Å². The molecule has 0 aliphatic heterocycles. The van der Waals surface area contributed by atoms with Gasteiger partial charge in [-0.05, 0) is 41.5 Å². The number of benzene rings is 2. The summed E-state index contributed by atoms with van der Waals surface area (Å²) in [6, 6.07) is 15.5. The Morgan fingerprint density at radius 3 is 1.92 bits per heavy atom. The van der Waals surface area contributed by atoms with Crippen LogP contribution in [0.2, 0.25) is 0 Å². The first-order valence-electron chi connectivity index (χ1n) is 7.54. The van der Waals surface area contributed by atoms with E-state index in [2.05, 4.69) is 25.7 Å². The lowest BCUT2D eigenvalue weighted by molar-refractivity contribution is -0.274. The Morgan fingerprint density at radius 2 is 1.42 bits per heavy atom. The molecule has 2 aromatic carbocycles. The molecule has 0 bridgehead atoms. The van der Waals surface area contributed by atoms with Crippen LogP contribution in [0, 0.1) is 0 Å². The lowest BCUT2D eigenvalue weighted by atomic mass is 9.81. The Bertz CT molecular complexity index is 868. The van der Waals surface area contributed by atoms with E-state index in [1.165, 1.54) is 30.5 Å². The third-order valence-electron chi connectivity index (χ3n) is 3.85. The fraction of sp³-hybridized carbons (Fsp3) is 0.105. The van der Waals surface area contributed by atoms with Crippen LogP contribution in [0.4, 0.5) is 13.2 Å². The summed E-state index contributed by atoms with van der Waals surface area (Å²) in [5.74, 6) is -0.356. The summed E-state index contributed by atoms with van der Waals surface area (Å²) in [7, 11) is 0. The van der Waals surface area contributed by atoms with Crippen molar-refractivity contribution < 1.29 is 23.0 Å². The van der Waals surface area contributed by atoms with Gasteiger partial charge in [0.1, 0.15) is 11.4 Å². The molecule has 0 saturated carbocycles. The molecule has 1 atom stereocenters. The number of pyridine rings is 1. The molecule has 0 aliphatic rings. The number of hydrogen-bond donors (Lipinski definition) is 1. The summed E-state index contributed by atoms with van der Waals surface area (Å²) < 4.78 is 41.8. The Kier molecular flexibility index (Phi) is 5.02.